The SMILES string of the molecule is C[C@@H](O)[C@@H](O)[C@@H](O)CN(O)C=O. The molecule has 0 saturated heterocycles. The van der Waals surface area contributed by atoms with Crippen LogP contribution in [0.15, 0.2) is 0 Å². The van der Waals surface area contributed by atoms with Crippen molar-refractivity contribution in [3.8, 4) is 0 Å². The minimum atomic E-state index is -1.38. The topological polar surface area (TPSA) is 101 Å². The van der Waals surface area contributed by atoms with Gasteiger partial charge in [0.25, 0.3) is 0 Å². The Morgan fingerprint density at radius 3 is 2.25 bits per heavy atom. The van der Waals surface area contributed by atoms with E-state index >= 15 is 0 Å². The number of aliphatic hydroxyl groups excluding tert-OH is 3. The quantitative estimate of drug-likeness (QED) is 0.221. The van der Waals surface area contributed by atoms with E-state index in [1.807, 2.05) is 0 Å². The summed E-state index contributed by atoms with van der Waals surface area (Å²) in [6.07, 6.45) is -3.75. The van der Waals surface area contributed by atoms with Gasteiger partial charge in [-0.15, -0.1) is 0 Å². The lowest BCUT2D eigenvalue weighted by Crippen LogP contribution is -2.42. The Morgan fingerprint density at radius 1 is 1.42 bits per heavy atom. The summed E-state index contributed by atoms with van der Waals surface area (Å²) in [6.45, 7) is 0.853. The van der Waals surface area contributed by atoms with Crippen LogP contribution in [0, 0.1) is 0 Å². The Balaban J connectivity index is 3.85. The van der Waals surface area contributed by atoms with Gasteiger partial charge >= 0.3 is 0 Å². The van der Waals surface area contributed by atoms with Crippen molar-refractivity contribution in [2.75, 3.05) is 6.54 Å². The first kappa shape index (κ1) is 11.3. The van der Waals surface area contributed by atoms with Crippen LogP contribution in [-0.2, 0) is 4.79 Å². The molecule has 0 spiro atoms. The van der Waals surface area contributed by atoms with Crippen molar-refractivity contribution >= 4 is 6.41 Å². The second-order valence-electron chi connectivity index (χ2n) is 2.53. The van der Waals surface area contributed by atoms with Crippen molar-refractivity contribution in [1.29, 1.82) is 0 Å². The van der Waals surface area contributed by atoms with Gasteiger partial charge in [-0.25, -0.2) is 5.06 Å². The molecule has 0 aliphatic heterocycles. The Morgan fingerprint density at radius 2 is 1.92 bits per heavy atom. The summed E-state index contributed by atoms with van der Waals surface area (Å²) in [7, 11) is 0. The molecule has 6 heteroatoms. The van der Waals surface area contributed by atoms with E-state index in [9.17, 15) is 4.79 Å². The number of carbonyl (C=O) groups is 1. The fourth-order valence-electron chi connectivity index (χ4n) is 0.664. The fraction of sp³-hybridized carbons (Fsp3) is 0.833. The zero-order valence-corrected chi connectivity index (χ0v) is 6.66. The van der Waals surface area contributed by atoms with E-state index in [2.05, 4.69) is 0 Å². The summed E-state index contributed by atoms with van der Waals surface area (Å²) >= 11 is 0. The monoisotopic (exact) mass is 179 g/mol. The number of hydrogen-bond donors (Lipinski definition) is 4. The first-order chi connectivity index (χ1) is 5.49. The van der Waals surface area contributed by atoms with Gasteiger partial charge in [-0.3, -0.25) is 10.0 Å². The number of rotatable bonds is 5. The molecule has 0 radical (unpaired) electrons. The first-order valence-corrected chi connectivity index (χ1v) is 3.44. The molecule has 0 fully saturated rings. The van der Waals surface area contributed by atoms with Gasteiger partial charge in [0.2, 0.25) is 6.41 Å². The molecule has 0 unspecified atom stereocenters. The predicted octanol–water partition coefficient (Wildman–Crippen LogP) is -2.06. The molecule has 0 aromatic heterocycles. The van der Waals surface area contributed by atoms with Crippen molar-refractivity contribution in [2.45, 2.75) is 25.2 Å². The molecule has 6 nitrogen and oxygen atoms in total. The van der Waals surface area contributed by atoms with Crippen LogP contribution < -0.4 is 0 Å². The molecule has 0 aliphatic carbocycles. The van der Waals surface area contributed by atoms with Gasteiger partial charge in [0, 0.05) is 0 Å². The number of amides is 1. The van der Waals surface area contributed by atoms with Crippen molar-refractivity contribution < 1.29 is 25.3 Å². The van der Waals surface area contributed by atoms with Crippen molar-refractivity contribution in [1.82, 2.24) is 5.06 Å². The molecule has 0 aromatic carbocycles. The number of hydrogen-bond acceptors (Lipinski definition) is 5. The zero-order chi connectivity index (χ0) is 9.72. The van der Waals surface area contributed by atoms with E-state index in [0.29, 0.717) is 0 Å². The van der Waals surface area contributed by atoms with Crippen LogP contribution in [0.25, 0.3) is 0 Å². The lowest BCUT2D eigenvalue weighted by molar-refractivity contribution is -0.162. The first-order valence-electron chi connectivity index (χ1n) is 3.44. The molecular formula is C6H13NO5. The highest BCUT2D eigenvalue weighted by Gasteiger charge is 2.22. The van der Waals surface area contributed by atoms with E-state index < -0.39 is 24.9 Å². The van der Waals surface area contributed by atoms with E-state index in [0.717, 1.165) is 0 Å². The molecular weight excluding hydrogens is 166 g/mol. The Bertz CT molecular complexity index is 140. The molecule has 0 aliphatic rings. The Labute approximate surface area is 69.6 Å². The molecule has 1 amide bonds. The van der Waals surface area contributed by atoms with Crippen molar-refractivity contribution in [3.05, 3.63) is 0 Å². The standard InChI is InChI=1S/C6H13NO5/c1-4(9)6(11)5(10)2-7(12)3-8/h3-6,9-12H,2H2,1H3/t4-,5+,6-/m1/s1. The molecule has 0 bridgehead atoms. The molecule has 0 aromatic rings. The second-order valence-corrected chi connectivity index (χ2v) is 2.53. The summed E-state index contributed by atoms with van der Waals surface area (Å²) in [5, 5.41) is 35.5. The normalized spacial score (nSPS) is 18.1. The third kappa shape index (κ3) is 3.63. The maximum absolute atomic E-state index is 9.85. The lowest BCUT2D eigenvalue weighted by Gasteiger charge is -2.21. The summed E-state index contributed by atoms with van der Waals surface area (Å²) < 4.78 is 0. The average molecular weight is 179 g/mol. The third-order valence-electron chi connectivity index (χ3n) is 1.38. The van der Waals surface area contributed by atoms with Gasteiger partial charge < -0.3 is 15.3 Å². The number of carbonyl (C=O) groups excluding carboxylic acids is 1. The fourth-order valence-corrected chi connectivity index (χ4v) is 0.664. The highest BCUT2D eigenvalue weighted by atomic mass is 16.5. The highest BCUT2D eigenvalue weighted by molar-refractivity contribution is 5.44. The maximum atomic E-state index is 9.85. The van der Waals surface area contributed by atoms with E-state index in [4.69, 9.17) is 20.5 Å². The van der Waals surface area contributed by atoms with Crippen molar-refractivity contribution in [3.63, 3.8) is 0 Å². The molecule has 12 heavy (non-hydrogen) atoms. The Hall–Kier alpha value is -0.690. The lowest BCUT2D eigenvalue weighted by atomic mass is 10.1. The predicted molar refractivity (Wildman–Crippen MR) is 38.3 cm³/mol. The summed E-state index contributed by atoms with van der Waals surface area (Å²) in [4.78, 5) is 9.85. The van der Waals surface area contributed by atoms with Gasteiger partial charge in [0.05, 0.1) is 12.6 Å². The maximum Gasteiger partial charge on any atom is 0.233 e. The molecule has 0 rings (SSSR count). The van der Waals surface area contributed by atoms with Gasteiger partial charge in [0.15, 0.2) is 0 Å². The van der Waals surface area contributed by atoms with Gasteiger partial charge in [0.1, 0.15) is 12.2 Å². The minimum Gasteiger partial charge on any atom is -0.391 e. The summed E-state index contributed by atoms with van der Waals surface area (Å²) in [5.41, 5.74) is 0. The number of hydroxylamine groups is 2. The summed E-state index contributed by atoms with van der Waals surface area (Å²) in [5.74, 6) is 0. The largest absolute Gasteiger partial charge is 0.391 e. The highest BCUT2D eigenvalue weighted by Crippen LogP contribution is 2.00. The van der Waals surface area contributed by atoms with Crippen LogP contribution in [0.3, 0.4) is 0 Å². The van der Waals surface area contributed by atoms with Crippen LogP contribution in [0.2, 0.25) is 0 Å². The molecule has 0 saturated carbocycles. The molecule has 3 atom stereocenters. The third-order valence-corrected chi connectivity index (χ3v) is 1.38. The van der Waals surface area contributed by atoms with Gasteiger partial charge in [-0.2, -0.15) is 0 Å². The number of nitrogens with zero attached hydrogens (tertiary/aromatic N) is 1. The molecule has 72 valence electrons. The van der Waals surface area contributed by atoms with Gasteiger partial charge in [-0.05, 0) is 6.92 Å². The van der Waals surface area contributed by atoms with Crippen LogP contribution in [0.1, 0.15) is 6.92 Å². The minimum absolute atomic E-state index is 0.0952. The number of aliphatic hydroxyl groups is 3. The van der Waals surface area contributed by atoms with Gasteiger partial charge in [-0.1, -0.05) is 0 Å². The molecule has 0 heterocycles. The summed E-state index contributed by atoms with van der Waals surface area (Å²) in [6, 6.07) is 0. The van der Waals surface area contributed by atoms with Crippen LogP contribution in [0.5, 0.6) is 0 Å². The van der Waals surface area contributed by atoms with Crippen LogP contribution >= 0.6 is 0 Å². The smallest absolute Gasteiger partial charge is 0.233 e. The average Bonchev–Trinajstić information content (AvgIpc) is 2.02. The van der Waals surface area contributed by atoms with Crippen LogP contribution in [-0.4, -0.2) is 56.9 Å². The zero-order valence-electron chi connectivity index (χ0n) is 6.66. The van der Waals surface area contributed by atoms with E-state index in [1.165, 1.54) is 6.92 Å². The second kappa shape index (κ2) is 5.04. The molecule has 4 N–H and O–H groups in total. The van der Waals surface area contributed by atoms with E-state index in [1.54, 1.807) is 0 Å². The van der Waals surface area contributed by atoms with Crippen LogP contribution in [0.4, 0.5) is 0 Å². The van der Waals surface area contributed by atoms with Crippen molar-refractivity contribution in [2.24, 2.45) is 0 Å². The Kier molecular flexibility index (Phi) is 4.75. The van der Waals surface area contributed by atoms with E-state index in [-0.39, 0.29) is 11.5 Å².